The summed E-state index contributed by atoms with van der Waals surface area (Å²) in [5.74, 6) is 0.0452. The summed E-state index contributed by atoms with van der Waals surface area (Å²) in [5, 5.41) is 9.56. The standard InChI is InChI=1S/C14H22BrNO3S/c1-4-9-16(13(10-17)11(2)3)20(18,19)14-8-6-5-7-12(14)15/h5-8,11,13,17H,4,9-10H2,1-3H3/t13-/m1/s1. The molecule has 1 aromatic rings. The van der Waals surface area contributed by atoms with Crippen LogP contribution in [0.15, 0.2) is 33.6 Å². The maximum absolute atomic E-state index is 12.8. The first-order valence-corrected chi connectivity index (χ1v) is 8.96. The van der Waals surface area contributed by atoms with Crippen molar-refractivity contribution in [2.24, 2.45) is 5.92 Å². The van der Waals surface area contributed by atoms with E-state index in [9.17, 15) is 13.5 Å². The number of aliphatic hydroxyl groups excluding tert-OH is 1. The molecule has 0 aliphatic carbocycles. The van der Waals surface area contributed by atoms with Crippen LogP contribution in [0.4, 0.5) is 0 Å². The predicted molar refractivity (Wildman–Crippen MR) is 84.0 cm³/mol. The van der Waals surface area contributed by atoms with Gasteiger partial charge in [-0.15, -0.1) is 0 Å². The van der Waals surface area contributed by atoms with E-state index in [0.29, 0.717) is 17.4 Å². The van der Waals surface area contributed by atoms with Crippen molar-refractivity contribution in [1.29, 1.82) is 0 Å². The fourth-order valence-electron chi connectivity index (χ4n) is 2.10. The van der Waals surface area contributed by atoms with Crippen molar-refractivity contribution in [3.8, 4) is 0 Å². The number of rotatable bonds is 7. The van der Waals surface area contributed by atoms with E-state index >= 15 is 0 Å². The molecule has 6 heteroatoms. The minimum absolute atomic E-state index is 0.0452. The summed E-state index contributed by atoms with van der Waals surface area (Å²) in [4.78, 5) is 0.243. The number of aliphatic hydroxyl groups is 1. The molecule has 0 heterocycles. The van der Waals surface area contributed by atoms with Crippen molar-refractivity contribution >= 4 is 26.0 Å². The number of hydrogen-bond acceptors (Lipinski definition) is 3. The van der Waals surface area contributed by atoms with Gasteiger partial charge in [-0.3, -0.25) is 0 Å². The molecule has 1 N–H and O–H groups in total. The van der Waals surface area contributed by atoms with Crippen LogP contribution >= 0.6 is 15.9 Å². The molecule has 0 aliphatic heterocycles. The third-order valence-electron chi connectivity index (χ3n) is 3.19. The third kappa shape index (κ3) is 3.81. The zero-order chi connectivity index (χ0) is 15.3. The lowest BCUT2D eigenvalue weighted by atomic mass is 10.1. The van der Waals surface area contributed by atoms with Gasteiger partial charge in [0, 0.05) is 11.0 Å². The number of nitrogens with zero attached hydrogens (tertiary/aromatic N) is 1. The lowest BCUT2D eigenvalue weighted by Gasteiger charge is -2.32. The first kappa shape index (κ1) is 17.6. The average Bonchev–Trinajstić information content (AvgIpc) is 2.38. The van der Waals surface area contributed by atoms with Gasteiger partial charge in [-0.1, -0.05) is 32.9 Å². The van der Waals surface area contributed by atoms with Crippen molar-refractivity contribution in [2.45, 2.75) is 38.1 Å². The highest BCUT2D eigenvalue weighted by Crippen LogP contribution is 2.27. The summed E-state index contributed by atoms with van der Waals surface area (Å²) in [5.41, 5.74) is 0. The highest BCUT2D eigenvalue weighted by atomic mass is 79.9. The zero-order valence-electron chi connectivity index (χ0n) is 12.1. The van der Waals surface area contributed by atoms with Gasteiger partial charge in [0.05, 0.1) is 17.5 Å². The van der Waals surface area contributed by atoms with Crippen molar-refractivity contribution in [1.82, 2.24) is 4.31 Å². The smallest absolute Gasteiger partial charge is 0.244 e. The molecule has 0 unspecified atom stereocenters. The molecule has 0 aliphatic rings. The van der Waals surface area contributed by atoms with Crippen molar-refractivity contribution in [3.05, 3.63) is 28.7 Å². The topological polar surface area (TPSA) is 57.6 Å². The highest BCUT2D eigenvalue weighted by Gasteiger charge is 2.33. The van der Waals surface area contributed by atoms with E-state index in [1.807, 2.05) is 20.8 Å². The third-order valence-corrected chi connectivity index (χ3v) is 6.13. The zero-order valence-corrected chi connectivity index (χ0v) is 14.5. The van der Waals surface area contributed by atoms with Gasteiger partial charge in [0.25, 0.3) is 0 Å². The van der Waals surface area contributed by atoms with E-state index in [-0.39, 0.29) is 17.4 Å². The summed E-state index contributed by atoms with van der Waals surface area (Å²) in [6.45, 7) is 5.98. The average molecular weight is 364 g/mol. The molecular weight excluding hydrogens is 342 g/mol. The van der Waals surface area contributed by atoms with Crippen LogP contribution in [0.2, 0.25) is 0 Å². The van der Waals surface area contributed by atoms with Crippen molar-refractivity contribution < 1.29 is 13.5 Å². The Morgan fingerprint density at radius 2 is 1.90 bits per heavy atom. The van der Waals surface area contributed by atoms with Crippen LogP contribution < -0.4 is 0 Å². The van der Waals surface area contributed by atoms with Gasteiger partial charge in [0.15, 0.2) is 0 Å². The van der Waals surface area contributed by atoms with Crippen LogP contribution in [-0.4, -0.2) is 37.0 Å². The monoisotopic (exact) mass is 363 g/mol. The van der Waals surface area contributed by atoms with Crippen LogP contribution in [0.1, 0.15) is 27.2 Å². The maximum Gasteiger partial charge on any atom is 0.244 e. The summed E-state index contributed by atoms with van der Waals surface area (Å²) < 4.78 is 27.6. The molecule has 4 nitrogen and oxygen atoms in total. The molecule has 0 aromatic heterocycles. The van der Waals surface area contributed by atoms with E-state index in [0.717, 1.165) is 0 Å². The normalized spacial score (nSPS) is 13.9. The van der Waals surface area contributed by atoms with Gasteiger partial charge in [-0.2, -0.15) is 4.31 Å². The summed E-state index contributed by atoms with van der Waals surface area (Å²) in [7, 11) is -3.62. The molecule has 20 heavy (non-hydrogen) atoms. The van der Waals surface area contributed by atoms with E-state index in [1.54, 1.807) is 24.3 Å². The molecule has 114 valence electrons. The first-order valence-electron chi connectivity index (χ1n) is 6.73. The van der Waals surface area contributed by atoms with Crippen molar-refractivity contribution in [2.75, 3.05) is 13.2 Å². The fraction of sp³-hybridized carbons (Fsp3) is 0.571. The van der Waals surface area contributed by atoms with Gasteiger partial charge in [-0.25, -0.2) is 8.42 Å². The number of hydrogen-bond donors (Lipinski definition) is 1. The minimum Gasteiger partial charge on any atom is -0.395 e. The van der Waals surface area contributed by atoms with E-state index in [4.69, 9.17) is 0 Å². The Hall–Kier alpha value is -0.430. The summed E-state index contributed by atoms with van der Waals surface area (Å²) >= 11 is 3.29. The quantitative estimate of drug-likeness (QED) is 0.810. The Labute approximate surface area is 130 Å². The van der Waals surface area contributed by atoms with Crippen LogP contribution in [0.3, 0.4) is 0 Å². The molecular formula is C14H22BrNO3S. The lowest BCUT2D eigenvalue weighted by molar-refractivity contribution is 0.151. The van der Waals surface area contributed by atoms with Gasteiger partial charge in [-0.05, 0) is 40.4 Å². The minimum atomic E-state index is -3.62. The fourth-order valence-corrected chi connectivity index (χ4v) is 4.90. The number of halogens is 1. The second kappa shape index (κ2) is 7.54. The van der Waals surface area contributed by atoms with Gasteiger partial charge < -0.3 is 5.11 Å². The highest BCUT2D eigenvalue weighted by molar-refractivity contribution is 9.10. The van der Waals surface area contributed by atoms with E-state index in [1.165, 1.54) is 4.31 Å². The molecule has 0 bridgehead atoms. The van der Waals surface area contributed by atoms with Gasteiger partial charge in [0.2, 0.25) is 10.0 Å². The second-order valence-corrected chi connectivity index (χ2v) is 7.75. The molecule has 0 saturated carbocycles. The van der Waals surface area contributed by atoms with Crippen LogP contribution in [-0.2, 0) is 10.0 Å². The maximum atomic E-state index is 12.8. The largest absolute Gasteiger partial charge is 0.395 e. The Morgan fingerprint density at radius 3 is 2.35 bits per heavy atom. The summed E-state index contributed by atoms with van der Waals surface area (Å²) in [6, 6.07) is 6.36. The van der Waals surface area contributed by atoms with Crippen LogP contribution in [0, 0.1) is 5.92 Å². The molecule has 1 rings (SSSR count). The Bertz CT molecular complexity index is 531. The molecule has 0 fully saturated rings. The number of sulfonamides is 1. The number of benzene rings is 1. The van der Waals surface area contributed by atoms with Gasteiger partial charge in [0.1, 0.15) is 0 Å². The first-order chi connectivity index (χ1) is 9.36. The SMILES string of the molecule is CCCN([C@H](CO)C(C)C)S(=O)(=O)c1ccccc1Br. The Balaban J connectivity index is 3.29. The molecule has 1 atom stereocenters. The van der Waals surface area contributed by atoms with Crippen LogP contribution in [0.25, 0.3) is 0 Å². The van der Waals surface area contributed by atoms with Crippen LogP contribution in [0.5, 0.6) is 0 Å². The lowest BCUT2D eigenvalue weighted by Crippen LogP contribution is -2.45. The molecule has 1 aromatic carbocycles. The second-order valence-electron chi connectivity index (χ2n) is 5.04. The van der Waals surface area contributed by atoms with E-state index in [2.05, 4.69) is 15.9 Å². The van der Waals surface area contributed by atoms with Crippen molar-refractivity contribution in [3.63, 3.8) is 0 Å². The predicted octanol–water partition coefficient (Wildman–Crippen LogP) is 2.87. The molecule has 0 amide bonds. The molecule has 0 saturated heterocycles. The van der Waals surface area contributed by atoms with E-state index < -0.39 is 16.1 Å². The summed E-state index contributed by atoms with van der Waals surface area (Å²) in [6.07, 6.45) is 0.701. The molecule has 0 radical (unpaired) electrons. The Kier molecular flexibility index (Phi) is 6.64. The van der Waals surface area contributed by atoms with Gasteiger partial charge >= 0.3 is 0 Å². The Morgan fingerprint density at radius 1 is 1.30 bits per heavy atom. The molecule has 0 spiro atoms.